The Morgan fingerprint density at radius 2 is 1.84 bits per heavy atom. The zero-order chi connectivity index (χ0) is 18.8. The fourth-order valence-electron chi connectivity index (χ4n) is 1.97. The first-order valence-electron chi connectivity index (χ1n) is 7.71. The number of halogens is 1. The van der Waals surface area contributed by atoms with Crippen LogP contribution in [0, 0.1) is 0 Å². The third kappa shape index (κ3) is 7.40. The van der Waals surface area contributed by atoms with Crippen LogP contribution >= 0.6 is 11.6 Å². The van der Waals surface area contributed by atoms with Crippen molar-refractivity contribution in [1.29, 1.82) is 0 Å². The molecule has 0 aliphatic rings. The molecular weight excluding hydrogens is 350 g/mol. The van der Waals surface area contributed by atoms with Gasteiger partial charge in [0.15, 0.2) is 0 Å². The average molecular weight is 372 g/mol. The van der Waals surface area contributed by atoms with Crippen LogP contribution in [0.15, 0.2) is 18.2 Å². The zero-order valence-corrected chi connectivity index (χ0v) is 15.2. The van der Waals surface area contributed by atoms with Gasteiger partial charge in [-0.25, -0.2) is 4.79 Å². The number of nitrogens with one attached hydrogen (secondary N) is 2. The molecule has 0 saturated carbocycles. The van der Waals surface area contributed by atoms with Crippen molar-refractivity contribution < 1.29 is 23.9 Å². The van der Waals surface area contributed by atoms with Crippen LogP contribution in [0.25, 0.3) is 0 Å². The molecule has 138 valence electrons. The van der Waals surface area contributed by atoms with Gasteiger partial charge in [-0.15, -0.1) is 0 Å². The van der Waals surface area contributed by atoms with Crippen LogP contribution in [0.1, 0.15) is 13.8 Å². The van der Waals surface area contributed by atoms with Crippen LogP contribution in [-0.4, -0.2) is 56.2 Å². The molecule has 8 nitrogen and oxygen atoms in total. The first-order valence-corrected chi connectivity index (χ1v) is 8.09. The topological polar surface area (TPSA) is 97.0 Å². The van der Waals surface area contributed by atoms with Crippen LogP contribution in [0.3, 0.4) is 0 Å². The largest absolute Gasteiger partial charge is 0.495 e. The van der Waals surface area contributed by atoms with Crippen molar-refractivity contribution in [2.24, 2.45) is 0 Å². The molecule has 0 heterocycles. The molecule has 0 aliphatic heterocycles. The van der Waals surface area contributed by atoms with Gasteiger partial charge in [0.2, 0.25) is 11.8 Å². The van der Waals surface area contributed by atoms with Gasteiger partial charge in [0.25, 0.3) is 0 Å². The first kappa shape index (κ1) is 20.7. The van der Waals surface area contributed by atoms with Gasteiger partial charge in [-0.3, -0.25) is 19.8 Å². The van der Waals surface area contributed by atoms with E-state index in [0.717, 1.165) is 0 Å². The summed E-state index contributed by atoms with van der Waals surface area (Å²) in [6.45, 7) is 3.89. The highest BCUT2D eigenvalue weighted by Crippen LogP contribution is 2.27. The first-order chi connectivity index (χ1) is 11.9. The number of hydrogen-bond donors (Lipinski definition) is 2. The molecule has 1 aromatic rings. The minimum Gasteiger partial charge on any atom is -0.495 e. The second-order valence-electron chi connectivity index (χ2n) is 4.96. The summed E-state index contributed by atoms with van der Waals surface area (Å²) in [6.07, 6.45) is -0.809. The molecule has 3 amide bonds. The number of ether oxygens (including phenoxy) is 2. The van der Waals surface area contributed by atoms with Crippen molar-refractivity contribution in [3.8, 4) is 5.75 Å². The molecule has 0 unspecified atom stereocenters. The Balaban J connectivity index is 2.60. The summed E-state index contributed by atoms with van der Waals surface area (Å²) in [7, 11) is 1.48. The molecule has 0 saturated heterocycles. The highest BCUT2D eigenvalue weighted by atomic mass is 35.5. The van der Waals surface area contributed by atoms with E-state index in [1.54, 1.807) is 36.9 Å². The van der Waals surface area contributed by atoms with Gasteiger partial charge in [-0.05, 0) is 31.7 Å². The molecule has 1 rings (SSSR count). The van der Waals surface area contributed by atoms with Gasteiger partial charge < -0.3 is 14.8 Å². The average Bonchev–Trinajstić information content (AvgIpc) is 2.54. The molecule has 0 aromatic heterocycles. The number of carbonyl (C=O) groups excluding carboxylic acids is 3. The fraction of sp³-hybridized carbons (Fsp3) is 0.438. The molecule has 0 fully saturated rings. The lowest BCUT2D eigenvalue weighted by Crippen LogP contribution is -2.43. The predicted molar refractivity (Wildman–Crippen MR) is 93.9 cm³/mol. The molecule has 2 N–H and O–H groups in total. The maximum atomic E-state index is 12.2. The minimum atomic E-state index is -0.809. The standard InChI is InChI=1S/C16H22ClN3O5/c1-4-20(10-15(22)19-16(23)25-5-2)9-14(21)18-12-8-11(17)6-7-13(12)24-3/h6-8H,4-5,9-10H2,1-3H3,(H,18,21)(H,19,22,23). The third-order valence-corrected chi connectivity index (χ3v) is 3.37. The number of alkyl carbamates (subject to hydrolysis) is 1. The van der Waals surface area contributed by atoms with E-state index in [-0.39, 0.29) is 25.6 Å². The number of rotatable bonds is 8. The van der Waals surface area contributed by atoms with Crippen LogP contribution in [0.5, 0.6) is 5.75 Å². The van der Waals surface area contributed by atoms with Crippen molar-refractivity contribution in [3.05, 3.63) is 23.2 Å². The lowest BCUT2D eigenvalue weighted by atomic mass is 10.3. The summed E-state index contributed by atoms with van der Waals surface area (Å²) >= 11 is 5.92. The van der Waals surface area contributed by atoms with Gasteiger partial charge in [-0.2, -0.15) is 0 Å². The second kappa shape index (κ2) is 10.5. The van der Waals surface area contributed by atoms with E-state index in [9.17, 15) is 14.4 Å². The number of benzene rings is 1. The molecule has 0 radical (unpaired) electrons. The molecule has 0 spiro atoms. The van der Waals surface area contributed by atoms with E-state index in [0.29, 0.717) is 23.0 Å². The van der Waals surface area contributed by atoms with Gasteiger partial charge in [-0.1, -0.05) is 18.5 Å². The number of imide groups is 1. The SMILES string of the molecule is CCOC(=O)NC(=O)CN(CC)CC(=O)Nc1cc(Cl)ccc1OC. The zero-order valence-electron chi connectivity index (χ0n) is 14.4. The molecule has 9 heteroatoms. The summed E-state index contributed by atoms with van der Waals surface area (Å²) in [5.41, 5.74) is 0.437. The Morgan fingerprint density at radius 1 is 1.16 bits per heavy atom. The quantitative estimate of drug-likeness (QED) is 0.724. The van der Waals surface area contributed by atoms with Crippen molar-refractivity contribution in [2.45, 2.75) is 13.8 Å². The van der Waals surface area contributed by atoms with Crippen molar-refractivity contribution in [2.75, 3.05) is 38.7 Å². The highest BCUT2D eigenvalue weighted by Gasteiger charge is 2.16. The molecular formula is C16H22ClN3O5. The van der Waals surface area contributed by atoms with Crippen molar-refractivity contribution in [1.82, 2.24) is 10.2 Å². The summed E-state index contributed by atoms with van der Waals surface area (Å²) in [6, 6.07) is 4.86. The minimum absolute atomic E-state index is 0.0393. The van der Waals surface area contributed by atoms with Gasteiger partial charge >= 0.3 is 6.09 Å². The number of hydrogen-bond acceptors (Lipinski definition) is 6. The number of anilines is 1. The number of nitrogens with zero attached hydrogens (tertiary/aromatic N) is 1. The lowest BCUT2D eigenvalue weighted by molar-refractivity contribution is -0.122. The Hall–Kier alpha value is -2.32. The van der Waals surface area contributed by atoms with E-state index in [4.69, 9.17) is 16.3 Å². The van der Waals surface area contributed by atoms with E-state index in [1.807, 2.05) is 0 Å². The van der Waals surface area contributed by atoms with Gasteiger partial charge in [0, 0.05) is 5.02 Å². The monoisotopic (exact) mass is 371 g/mol. The second-order valence-corrected chi connectivity index (χ2v) is 5.40. The Kier molecular flexibility index (Phi) is 8.73. The number of methoxy groups -OCH3 is 1. The van der Waals surface area contributed by atoms with Crippen LogP contribution in [-0.2, 0) is 14.3 Å². The van der Waals surface area contributed by atoms with Crippen LogP contribution in [0.4, 0.5) is 10.5 Å². The maximum absolute atomic E-state index is 12.2. The van der Waals surface area contributed by atoms with Crippen molar-refractivity contribution >= 4 is 35.2 Å². The van der Waals surface area contributed by atoms with E-state index < -0.39 is 12.0 Å². The van der Waals surface area contributed by atoms with Gasteiger partial charge in [0.1, 0.15) is 5.75 Å². The van der Waals surface area contributed by atoms with Crippen LogP contribution in [0.2, 0.25) is 5.02 Å². The van der Waals surface area contributed by atoms with Gasteiger partial charge in [0.05, 0.1) is 32.5 Å². The number of likely N-dealkylation sites (N-methyl/N-ethyl adjacent to an activating group) is 1. The van der Waals surface area contributed by atoms with E-state index >= 15 is 0 Å². The van der Waals surface area contributed by atoms with Crippen molar-refractivity contribution in [3.63, 3.8) is 0 Å². The van der Waals surface area contributed by atoms with Crippen LogP contribution < -0.4 is 15.4 Å². The molecule has 1 aromatic carbocycles. The van der Waals surface area contributed by atoms with E-state index in [2.05, 4.69) is 15.4 Å². The smallest absolute Gasteiger partial charge is 0.413 e. The highest BCUT2D eigenvalue weighted by molar-refractivity contribution is 6.31. The Bertz CT molecular complexity index is 624. The Labute approximate surface area is 151 Å². The molecule has 0 bridgehead atoms. The summed E-state index contributed by atoms with van der Waals surface area (Å²) in [4.78, 5) is 36.7. The third-order valence-electron chi connectivity index (χ3n) is 3.13. The molecule has 0 atom stereocenters. The molecule has 25 heavy (non-hydrogen) atoms. The van der Waals surface area contributed by atoms with E-state index in [1.165, 1.54) is 7.11 Å². The predicted octanol–water partition coefficient (Wildman–Crippen LogP) is 1.88. The molecule has 0 aliphatic carbocycles. The lowest BCUT2D eigenvalue weighted by Gasteiger charge is -2.19. The summed E-state index contributed by atoms with van der Waals surface area (Å²) < 4.78 is 9.79. The summed E-state index contributed by atoms with van der Waals surface area (Å²) in [5.74, 6) is -0.416. The Morgan fingerprint density at radius 3 is 2.44 bits per heavy atom. The summed E-state index contributed by atoms with van der Waals surface area (Å²) in [5, 5.41) is 5.23. The number of amides is 3. The number of carbonyl (C=O) groups is 3. The normalized spacial score (nSPS) is 10.3. The maximum Gasteiger partial charge on any atom is 0.413 e. The fourth-order valence-corrected chi connectivity index (χ4v) is 2.15.